The van der Waals surface area contributed by atoms with Gasteiger partial charge in [-0.1, -0.05) is 52.3 Å². The van der Waals surface area contributed by atoms with Gasteiger partial charge < -0.3 is 5.32 Å². The lowest BCUT2D eigenvalue weighted by atomic mass is 10.0. The van der Waals surface area contributed by atoms with E-state index in [0.29, 0.717) is 10.0 Å². The number of nitro benzene ring substituents is 1. The van der Waals surface area contributed by atoms with Crippen molar-refractivity contribution in [2.24, 2.45) is 0 Å². The molecule has 0 aliphatic carbocycles. The lowest BCUT2D eigenvalue weighted by molar-refractivity contribution is -0.384. The van der Waals surface area contributed by atoms with Crippen LogP contribution in [0.3, 0.4) is 0 Å². The predicted octanol–water partition coefficient (Wildman–Crippen LogP) is 5.64. The molecule has 0 atom stereocenters. The summed E-state index contributed by atoms with van der Waals surface area (Å²) >= 11 is 3.36. The molecular formula is C28H16BrN3O6. The summed E-state index contributed by atoms with van der Waals surface area (Å²) in [6.07, 6.45) is 0. The standard InChI is InChI=1S/C28H16BrN3O6/c29-18-10-12-24(23(14-18)25(33)16-5-2-1-3-6-16)30-26(34)17-9-11-21-22(13-17)28(36)31(27(21)35)19-7-4-8-20(15-19)32(37)38/h1-15H,(H,30,34). The SMILES string of the molecule is O=C(Nc1ccc(Br)cc1C(=O)c1ccccc1)c1ccc2c(c1)C(=O)N(c1cccc([N+](=O)[O-])c1)C2=O. The normalized spacial score (nSPS) is 12.3. The van der Waals surface area contributed by atoms with Crippen molar-refractivity contribution in [2.45, 2.75) is 0 Å². The zero-order valence-corrected chi connectivity index (χ0v) is 21.0. The maximum atomic E-state index is 13.2. The first kappa shape index (κ1) is 24.7. The molecule has 0 fully saturated rings. The van der Waals surface area contributed by atoms with Crippen LogP contribution in [0.4, 0.5) is 17.1 Å². The van der Waals surface area contributed by atoms with Gasteiger partial charge in [-0.3, -0.25) is 29.3 Å². The Morgan fingerprint density at radius 1 is 0.789 bits per heavy atom. The number of nitrogens with one attached hydrogen (secondary N) is 1. The highest BCUT2D eigenvalue weighted by molar-refractivity contribution is 9.10. The van der Waals surface area contributed by atoms with E-state index in [1.165, 1.54) is 36.4 Å². The number of hydrogen-bond acceptors (Lipinski definition) is 6. The molecule has 9 nitrogen and oxygen atoms in total. The average molecular weight is 570 g/mol. The number of rotatable bonds is 6. The van der Waals surface area contributed by atoms with Crippen LogP contribution in [0.5, 0.6) is 0 Å². The molecule has 1 N–H and O–H groups in total. The molecule has 1 aliphatic rings. The third-order valence-corrected chi connectivity index (χ3v) is 6.45. The zero-order valence-electron chi connectivity index (χ0n) is 19.4. The van der Waals surface area contributed by atoms with Gasteiger partial charge in [-0.15, -0.1) is 0 Å². The number of hydrogen-bond donors (Lipinski definition) is 1. The molecule has 4 aromatic carbocycles. The molecule has 0 bridgehead atoms. The smallest absolute Gasteiger partial charge is 0.271 e. The Labute approximate surface area is 224 Å². The summed E-state index contributed by atoms with van der Waals surface area (Å²) in [5.41, 5.74) is 0.921. The van der Waals surface area contributed by atoms with E-state index in [4.69, 9.17) is 0 Å². The van der Waals surface area contributed by atoms with Crippen LogP contribution in [-0.4, -0.2) is 28.4 Å². The van der Waals surface area contributed by atoms with Crippen LogP contribution in [0.25, 0.3) is 0 Å². The minimum absolute atomic E-state index is 0.00875. The number of halogens is 1. The summed E-state index contributed by atoms with van der Waals surface area (Å²) < 4.78 is 0.651. The maximum absolute atomic E-state index is 13.2. The molecule has 5 rings (SSSR count). The molecule has 186 valence electrons. The minimum atomic E-state index is -0.705. The van der Waals surface area contributed by atoms with Crippen molar-refractivity contribution in [1.82, 2.24) is 0 Å². The van der Waals surface area contributed by atoms with E-state index < -0.39 is 22.6 Å². The Morgan fingerprint density at radius 2 is 1.53 bits per heavy atom. The van der Waals surface area contributed by atoms with Crippen LogP contribution in [-0.2, 0) is 0 Å². The number of anilines is 2. The van der Waals surface area contributed by atoms with Crippen LogP contribution in [0.2, 0.25) is 0 Å². The fraction of sp³-hybridized carbons (Fsp3) is 0. The minimum Gasteiger partial charge on any atom is -0.321 e. The second-order valence-corrected chi connectivity index (χ2v) is 9.24. The first-order valence-corrected chi connectivity index (χ1v) is 12.0. The van der Waals surface area contributed by atoms with Crippen LogP contribution in [0, 0.1) is 10.1 Å². The second kappa shape index (κ2) is 9.83. The third-order valence-electron chi connectivity index (χ3n) is 5.96. The van der Waals surface area contributed by atoms with Gasteiger partial charge in [0.2, 0.25) is 0 Å². The molecule has 0 aromatic heterocycles. The highest BCUT2D eigenvalue weighted by atomic mass is 79.9. The van der Waals surface area contributed by atoms with E-state index in [9.17, 15) is 29.3 Å². The van der Waals surface area contributed by atoms with Gasteiger partial charge in [-0.05, 0) is 42.5 Å². The summed E-state index contributed by atoms with van der Waals surface area (Å²) in [6.45, 7) is 0. The first-order chi connectivity index (χ1) is 18.2. The molecule has 1 heterocycles. The summed E-state index contributed by atoms with van der Waals surface area (Å²) in [6, 6.07) is 22.7. The molecule has 0 saturated heterocycles. The van der Waals surface area contributed by atoms with Crippen molar-refractivity contribution >= 4 is 56.5 Å². The number of nitro groups is 1. The Bertz CT molecular complexity index is 1670. The Kier molecular flexibility index (Phi) is 6.39. The number of amides is 3. The number of non-ortho nitro benzene ring substituents is 1. The number of imide groups is 1. The predicted molar refractivity (Wildman–Crippen MR) is 143 cm³/mol. The number of carbonyl (C=O) groups is 4. The zero-order chi connectivity index (χ0) is 27.0. The number of fused-ring (bicyclic) bond motifs is 1. The lowest BCUT2D eigenvalue weighted by Crippen LogP contribution is -2.29. The quantitative estimate of drug-likeness (QED) is 0.138. The van der Waals surface area contributed by atoms with Gasteiger partial charge in [0.05, 0.1) is 27.4 Å². The van der Waals surface area contributed by atoms with Gasteiger partial charge >= 0.3 is 0 Å². The molecule has 0 spiro atoms. The number of carbonyl (C=O) groups excluding carboxylic acids is 4. The topological polar surface area (TPSA) is 127 Å². The molecule has 38 heavy (non-hydrogen) atoms. The van der Waals surface area contributed by atoms with E-state index in [1.807, 2.05) is 0 Å². The van der Waals surface area contributed by atoms with Crippen molar-refractivity contribution in [1.29, 1.82) is 0 Å². The monoisotopic (exact) mass is 569 g/mol. The van der Waals surface area contributed by atoms with Crippen molar-refractivity contribution < 1.29 is 24.1 Å². The fourth-order valence-electron chi connectivity index (χ4n) is 4.12. The van der Waals surface area contributed by atoms with Crippen LogP contribution < -0.4 is 10.2 Å². The largest absolute Gasteiger partial charge is 0.321 e. The van der Waals surface area contributed by atoms with Gasteiger partial charge in [0.15, 0.2) is 5.78 Å². The van der Waals surface area contributed by atoms with Crippen molar-refractivity contribution in [3.8, 4) is 0 Å². The summed E-state index contributed by atoms with van der Waals surface area (Å²) in [5.74, 6) is -2.24. The Hall–Kier alpha value is -4.96. The number of benzene rings is 4. The van der Waals surface area contributed by atoms with E-state index in [-0.39, 0.29) is 45.1 Å². The number of nitrogens with zero attached hydrogens (tertiary/aromatic N) is 2. The summed E-state index contributed by atoms with van der Waals surface area (Å²) in [7, 11) is 0. The van der Waals surface area contributed by atoms with Gasteiger partial charge in [-0.2, -0.15) is 0 Å². The molecule has 0 saturated carbocycles. The van der Waals surface area contributed by atoms with Gasteiger partial charge in [-0.25, -0.2) is 4.90 Å². The average Bonchev–Trinajstić information content (AvgIpc) is 3.18. The highest BCUT2D eigenvalue weighted by Crippen LogP contribution is 2.31. The van der Waals surface area contributed by atoms with Crippen LogP contribution >= 0.6 is 15.9 Å². The van der Waals surface area contributed by atoms with Crippen molar-refractivity contribution in [3.05, 3.63) is 133 Å². The molecule has 0 unspecified atom stereocenters. The Balaban J connectivity index is 1.44. The van der Waals surface area contributed by atoms with Gasteiger partial charge in [0.1, 0.15) is 0 Å². The van der Waals surface area contributed by atoms with Gasteiger partial charge in [0, 0.05) is 33.3 Å². The molecule has 0 radical (unpaired) electrons. The van der Waals surface area contributed by atoms with E-state index >= 15 is 0 Å². The number of ketones is 1. The molecular weight excluding hydrogens is 554 g/mol. The first-order valence-electron chi connectivity index (χ1n) is 11.2. The lowest BCUT2D eigenvalue weighted by Gasteiger charge is -2.13. The highest BCUT2D eigenvalue weighted by Gasteiger charge is 2.37. The van der Waals surface area contributed by atoms with Crippen LogP contribution in [0.1, 0.15) is 47.0 Å². The van der Waals surface area contributed by atoms with Gasteiger partial charge in [0.25, 0.3) is 23.4 Å². The second-order valence-electron chi connectivity index (χ2n) is 8.32. The maximum Gasteiger partial charge on any atom is 0.271 e. The van der Waals surface area contributed by atoms with E-state index in [2.05, 4.69) is 21.2 Å². The summed E-state index contributed by atoms with van der Waals surface area (Å²) in [4.78, 5) is 63.7. The molecule has 10 heteroatoms. The van der Waals surface area contributed by atoms with Crippen LogP contribution in [0.15, 0.2) is 95.5 Å². The Morgan fingerprint density at radius 3 is 2.26 bits per heavy atom. The third kappa shape index (κ3) is 4.48. The summed E-state index contributed by atoms with van der Waals surface area (Å²) in [5, 5.41) is 13.9. The van der Waals surface area contributed by atoms with Crippen molar-refractivity contribution in [2.75, 3.05) is 10.2 Å². The van der Waals surface area contributed by atoms with E-state index in [1.54, 1.807) is 48.5 Å². The molecule has 1 aliphatic heterocycles. The van der Waals surface area contributed by atoms with Crippen molar-refractivity contribution in [3.63, 3.8) is 0 Å². The fourth-order valence-corrected chi connectivity index (χ4v) is 4.48. The molecule has 3 amide bonds. The molecule has 4 aromatic rings. The van der Waals surface area contributed by atoms with E-state index in [0.717, 1.165) is 11.0 Å².